The molecule has 0 heterocycles. The van der Waals surface area contributed by atoms with Crippen LogP contribution in [0.3, 0.4) is 0 Å². The van der Waals surface area contributed by atoms with Crippen LogP contribution in [0.5, 0.6) is 0 Å². The van der Waals surface area contributed by atoms with E-state index in [4.69, 9.17) is 0 Å². The van der Waals surface area contributed by atoms with Gasteiger partial charge in [-0.2, -0.15) is 0 Å². The number of hydrogen-bond donors (Lipinski definition) is 1. The first-order valence-corrected chi connectivity index (χ1v) is 7.11. The second-order valence-corrected chi connectivity index (χ2v) is 5.00. The van der Waals surface area contributed by atoms with Crippen molar-refractivity contribution in [1.82, 2.24) is 10.2 Å². The molecule has 0 fully saturated rings. The van der Waals surface area contributed by atoms with Gasteiger partial charge in [-0.15, -0.1) is 0 Å². The molecule has 0 aromatic carbocycles. The molecule has 0 radical (unpaired) electrons. The smallest absolute Gasteiger partial charge is 0.00385 e. The van der Waals surface area contributed by atoms with Gasteiger partial charge in [-0.3, -0.25) is 0 Å². The van der Waals surface area contributed by atoms with E-state index < -0.39 is 0 Å². The highest BCUT2D eigenvalue weighted by atomic mass is 15.1. The molecule has 16 heavy (non-hydrogen) atoms. The Kier molecular flexibility index (Phi) is 11.3. The molecule has 2 heteroatoms. The van der Waals surface area contributed by atoms with E-state index in [1.54, 1.807) is 0 Å². The van der Waals surface area contributed by atoms with Gasteiger partial charge in [0.2, 0.25) is 0 Å². The average molecular weight is 228 g/mol. The topological polar surface area (TPSA) is 15.3 Å². The van der Waals surface area contributed by atoms with Crippen LogP contribution in [0.15, 0.2) is 0 Å². The van der Waals surface area contributed by atoms with Crippen LogP contribution in [-0.2, 0) is 0 Å². The molecule has 0 saturated heterocycles. The summed E-state index contributed by atoms with van der Waals surface area (Å²) in [6.45, 7) is 10.6. The van der Waals surface area contributed by atoms with E-state index in [1.165, 1.54) is 51.6 Å². The first kappa shape index (κ1) is 15.9. The zero-order valence-corrected chi connectivity index (χ0v) is 11.9. The predicted molar refractivity (Wildman–Crippen MR) is 74.0 cm³/mol. The molecular formula is C14H32N2. The second kappa shape index (κ2) is 11.4. The van der Waals surface area contributed by atoms with Crippen molar-refractivity contribution in [2.75, 3.05) is 26.7 Å². The zero-order chi connectivity index (χ0) is 12.2. The van der Waals surface area contributed by atoms with Gasteiger partial charge in [-0.1, -0.05) is 26.2 Å². The molecule has 0 aliphatic rings. The van der Waals surface area contributed by atoms with Crippen LogP contribution in [0.2, 0.25) is 0 Å². The first-order chi connectivity index (χ1) is 7.72. The monoisotopic (exact) mass is 228 g/mol. The molecular weight excluding hydrogens is 196 g/mol. The molecule has 0 aliphatic carbocycles. The Hall–Kier alpha value is -0.0800. The number of unbranched alkanes of at least 4 members (excludes halogenated alkanes) is 4. The highest BCUT2D eigenvalue weighted by Crippen LogP contribution is 2.06. The van der Waals surface area contributed by atoms with E-state index in [0.29, 0.717) is 6.04 Å². The maximum absolute atomic E-state index is 3.21. The highest BCUT2D eigenvalue weighted by molar-refractivity contribution is 4.63. The summed E-state index contributed by atoms with van der Waals surface area (Å²) in [5.74, 6) is 0. The van der Waals surface area contributed by atoms with Crippen LogP contribution in [0.25, 0.3) is 0 Å². The van der Waals surface area contributed by atoms with Crippen LogP contribution in [0, 0.1) is 0 Å². The van der Waals surface area contributed by atoms with Crippen LogP contribution in [-0.4, -0.2) is 37.6 Å². The van der Waals surface area contributed by atoms with E-state index >= 15 is 0 Å². The number of rotatable bonds is 11. The predicted octanol–water partition coefficient (Wildman–Crippen LogP) is 3.28. The molecule has 0 unspecified atom stereocenters. The van der Waals surface area contributed by atoms with Crippen molar-refractivity contribution in [1.29, 1.82) is 0 Å². The maximum Gasteiger partial charge on any atom is 0.00385 e. The molecule has 0 rings (SSSR count). The minimum atomic E-state index is 0.709. The Labute approximate surface area is 103 Å². The number of hydrogen-bond acceptors (Lipinski definition) is 2. The number of nitrogens with zero attached hydrogens (tertiary/aromatic N) is 1. The molecule has 0 atom stereocenters. The van der Waals surface area contributed by atoms with Gasteiger partial charge in [-0.25, -0.2) is 0 Å². The molecule has 98 valence electrons. The van der Waals surface area contributed by atoms with Crippen molar-refractivity contribution in [3.05, 3.63) is 0 Å². The van der Waals surface area contributed by atoms with Crippen LogP contribution in [0.4, 0.5) is 0 Å². The van der Waals surface area contributed by atoms with Gasteiger partial charge in [0.1, 0.15) is 0 Å². The van der Waals surface area contributed by atoms with E-state index in [9.17, 15) is 0 Å². The zero-order valence-electron chi connectivity index (χ0n) is 11.9. The third-order valence-corrected chi connectivity index (χ3v) is 3.15. The van der Waals surface area contributed by atoms with Gasteiger partial charge in [-0.05, 0) is 59.8 Å². The normalized spacial score (nSPS) is 11.6. The summed E-state index contributed by atoms with van der Waals surface area (Å²) in [6.07, 6.45) is 8.10. The minimum Gasteiger partial charge on any atom is -0.320 e. The molecule has 0 amide bonds. The van der Waals surface area contributed by atoms with Gasteiger partial charge in [0, 0.05) is 6.04 Å². The summed E-state index contributed by atoms with van der Waals surface area (Å²) in [6, 6.07) is 0.709. The van der Waals surface area contributed by atoms with Crippen molar-refractivity contribution in [2.24, 2.45) is 0 Å². The average Bonchev–Trinajstić information content (AvgIpc) is 2.26. The largest absolute Gasteiger partial charge is 0.320 e. The molecule has 0 saturated carbocycles. The van der Waals surface area contributed by atoms with Crippen molar-refractivity contribution in [2.45, 2.75) is 65.3 Å². The van der Waals surface area contributed by atoms with E-state index in [1.807, 2.05) is 7.05 Å². The van der Waals surface area contributed by atoms with Gasteiger partial charge in [0.25, 0.3) is 0 Å². The van der Waals surface area contributed by atoms with Crippen molar-refractivity contribution < 1.29 is 0 Å². The molecule has 0 aliphatic heterocycles. The fourth-order valence-corrected chi connectivity index (χ4v) is 1.99. The summed E-state index contributed by atoms with van der Waals surface area (Å²) in [5.41, 5.74) is 0. The fraction of sp³-hybridized carbons (Fsp3) is 1.00. The summed E-state index contributed by atoms with van der Waals surface area (Å²) >= 11 is 0. The molecule has 0 aromatic heterocycles. The lowest BCUT2D eigenvalue weighted by Gasteiger charge is -2.26. The summed E-state index contributed by atoms with van der Waals surface area (Å²) in [7, 11) is 2.03. The van der Waals surface area contributed by atoms with Crippen molar-refractivity contribution >= 4 is 0 Å². The Morgan fingerprint density at radius 1 is 0.938 bits per heavy atom. The van der Waals surface area contributed by atoms with E-state index in [2.05, 4.69) is 31.0 Å². The standard InChI is InChI=1S/C14H32N2/c1-5-6-9-12-16(14(2)3)13-10-7-8-11-15-4/h14-15H,5-13H2,1-4H3. The maximum atomic E-state index is 3.21. The van der Waals surface area contributed by atoms with Crippen LogP contribution in [0.1, 0.15) is 59.3 Å². The SMILES string of the molecule is CCCCCN(CCCCCNC)C(C)C. The lowest BCUT2D eigenvalue weighted by Crippen LogP contribution is -2.32. The van der Waals surface area contributed by atoms with Gasteiger partial charge >= 0.3 is 0 Å². The molecule has 0 spiro atoms. The summed E-state index contributed by atoms with van der Waals surface area (Å²) < 4.78 is 0. The molecule has 1 N–H and O–H groups in total. The lowest BCUT2D eigenvalue weighted by atomic mass is 10.2. The summed E-state index contributed by atoms with van der Waals surface area (Å²) in [5, 5.41) is 3.21. The van der Waals surface area contributed by atoms with Crippen LogP contribution < -0.4 is 5.32 Å². The fourth-order valence-electron chi connectivity index (χ4n) is 1.99. The first-order valence-electron chi connectivity index (χ1n) is 7.11. The van der Waals surface area contributed by atoms with Crippen molar-refractivity contribution in [3.8, 4) is 0 Å². The van der Waals surface area contributed by atoms with E-state index in [0.717, 1.165) is 6.54 Å². The third-order valence-electron chi connectivity index (χ3n) is 3.15. The number of nitrogens with one attached hydrogen (secondary N) is 1. The van der Waals surface area contributed by atoms with E-state index in [-0.39, 0.29) is 0 Å². The third kappa shape index (κ3) is 9.17. The van der Waals surface area contributed by atoms with Gasteiger partial charge in [0.05, 0.1) is 0 Å². The minimum absolute atomic E-state index is 0.709. The highest BCUT2D eigenvalue weighted by Gasteiger charge is 2.07. The van der Waals surface area contributed by atoms with Gasteiger partial charge in [0.15, 0.2) is 0 Å². The Balaban J connectivity index is 3.52. The summed E-state index contributed by atoms with van der Waals surface area (Å²) in [4.78, 5) is 2.63. The molecule has 2 nitrogen and oxygen atoms in total. The molecule has 0 aromatic rings. The Morgan fingerprint density at radius 2 is 1.56 bits per heavy atom. The lowest BCUT2D eigenvalue weighted by molar-refractivity contribution is 0.212. The van der Waals surface area contributed by atoms with Crippen molar-refractivity contribution in [3.63, 3.8) is 0 Å². The molecule has 0 bridgehead atoms. The second-order valence-electron chi connectivity index (χ2n) is 5.00. The quantitative estimate of drug-likeness (QED) is 0.546. The Morgan fingerprint density at radius 3 is 2.06 bits per heavy atom. The Bertz CT molecular complexity index is 135. The van der Waals surface area contributed by atoms with Gasteiger partial charge < -0.3 is 10.2 Å². The van der Waals surface area contributed by atoms with Crippen LogP contribution >= 0.6 is 0 Å².